The molecular weight excluding hydrogens is 338 g/mol. The third kappa shape index (κ3) is 3.94. The summed E-state index contributed by atoms with van der Waals surface area (Å²) in [5.41, 5.74) is 3.84. The van der Waals surface area contributed by atoms with Crippen LogP contribution < -0.4 is 4.72 Å². The van der Waals surface area contributed by atoms with E-state index in [1.807, 2.05) is 45.0 Å². The number of benzene rings is 2. The Bertz CT molecular complexity index is 1010. The van der Waals surface area contributed by atoms with Gasteiger partial charge in [-0.1, -0.05) is 23.8 Å². The zero-order valence-corrected chi connectivity index (χ0v) is 15.1. The number of nitrogens with one attached hydrogen (secondary N) is 1. The third-order valence-electron chi connectivity index (χ3n) is 3.93. The first kappa shape index (κ1) is 17.3. The minimum atomic E-state index is -3.64. The minimum absolute atomic E-state index is 0.0614. The molecule has 0 amide bonds. The first-order valence-corrected chi connectivity index (χ1v) is 9.30. The Balaban J connectivity index is 1.74. The zero-order valence-electron chi connectivity index (χ0n) is 14.3. The summed E-state index contributed by atoms with van der Waals surface area (Å²) in [4.78, 5) is 0.217. The molecule has 1 heterocycles. The maximum Gasteiger partial charge on any atom is 0.247 e. The predicted molar refractivity (Wildman–Crippen MR) is 94.4 cm³/mol. The fourth-order valence-corrected chi connectivity index (χ4v) is 3.40. The summed E-state index contributed by atoms with van der Waals surface area (Å²) in [6.45, 7) is 5.72. The van der Waals surface area contributed by atoms with Crippen LogP contribution in [0.1, 0.15) is 22.6 Å². The lowest BCUT2D eigenvalue weighted by atomic mass is 10.1. The normalized spacial score (nSPS) is 11.6. The Kier molecular flexibility index (Phi) is 4.69. The fraction of sp³-hybridized carbons (Fsp3) is 0.222. The van der Waals surface area contributed by atoms with E-state index in [1.54, 1.807) is 18.2 Å². The van der Waals surface area contributed by atoms with E-state index in [2.05, 4.69) is 14.9 Å². The Morgan fingerprint density at radius 2 is 1.80 bits per heavy atom. The van der Waals surface area contributed by atoms with Gasteiger partial charge in [0, 0.05) is 5.56 Å². The summed E-state index contributed by atoms with van der Waals surface area (Å²) >= 11 is 0. The van der Waals surface area contributed by atoms with Gasteiger partial charge in [0.25, 0.3) is 0 Å². The zero-order chi connectivity index (χ0) is 18.0. The largest absolute Gasteiger partial charge is 0.419 e. The van der Waals surface area contributed by atoms with Gasteiger partial charge in [0.2, 0.25) is 21.8 Å². The molecule has 2 aromatic carbocycles. The fourth-order valence-electron chi connectivity index (χ4n) is 2.34. The van der Waals surface area contributed by atoms with Crippen LogP contribution in [0.15, 0.2) is 51.8 Å². The molecule has 3 aromatic rings. The maximum atomic E-state index is 12.4. The van der Waals surface area contributed by atoms with Crippen LogP contribution in [0.25, 0.3) is 11.5 Å². The van der Waals surface area contributed by atoms with Gasteiger partial charge in [-0.15, -0.1) is 10.2 Å². The minimum Gasteiger partial charge on any atom is -0.419 e. The second-order valence-electron chi connectivity index (χ2n) is 5.94. The molecule has 0 saturated carbocycles. The van der Waals surface area contributed by atoms with Gasteiger partial charge in [-0.25, -0.2) is 13.1 Å². The van der Waals surface area contributed by atoms with Gasteiger partial charge in [0.1, 0.15) is 0 Å². The van der Waals surface area contributed by atoms with Crippen molar-refractivity contribution in [2.45, 2.75) is 32.2 Å². The second kappa shape index (κ2) is 6.78. The summed E-state index contributed by atoms with van der Waals surface area (Å²) in [5.74, 6) is 0.577. The predicted octanol–water partition coefficient (Wildman–Crippen LogP) is 3.14. The molecule has 0 bridgehead atoms. The number of rotatable bonds is 5. The molecule has 1 N–H and O–H groups in total. The van der Waals surface area contributed by atoms with E-state index < -0.39 is 10.0 Å². The van der Waals surface area contributed by atoms with Crippen LogP contribution >= 0.6 is 0 Å². The smallest absolute Gasteiger partial charge is 0.247 e. The molecule has 0 aliphatic carbocycles. The number of hydrogen-bond donors (Lipinski definition) is 1. The lowest BCUT2D eigenvalue weighted by molar-refractivity contribution is 0.494. The molecule has 0 atom stereocenters. The third-order valence-corrected chi connectivity index (χ3v) is 5.33. The van der Waals surface area contributed by atoms with Gasteiger partial charge in [-0.05, 0) is 56.2 Å². The highest BCUT2D eigenvalue weighted by atomic mass is 32.2. The van der Waals surface area contributed by atoms with E-state index in [1.165, 1.54) is 0 Å². The highest BCUT2D eigenvalue weighted by Crippen LogP contribution is 2.19. The van der Waals surface area contributed by atoms with Crippen molar-refractivity contribution in [1.82, 2.24) is 14.9 Å². The molecular formula is C18H19N3O3S. The van der Waals surface area contributed by atoms with Crippen LogP contribution in [0.4, 0.5) is 0 Å². The number of aromatic nitrogens is 2. The van der Waals surface area contributed by atoms with Crippen LogP contribution in [-0.2, 0) is 16.6 Å². The summed E-state index contributed by atoms with van der Waals surface area (Å²) in [6.07, 6.45) is 0. The van der Waals surface area contributed by atoms with E-state index in [0.717, 1.165) is 22.3 Å². The Morgan fingerprint density at radius 3 is 2.52 bits per heavy atom. The molecule has 25 heavy (non-hydrogen) atoms. The maximum absolute atomic E-state index is 12.4. The highest BCUT2D eigenvalue weighted by molar-refractivity contribution is 7.89. The topological polar surface area (TPSA) is 85.1 Å². The van der Waals surface area contributed by atoms with E-state index in [9.17, 15) is 8.42 Å². The van der Waals surface area contributed by atoms with Crippen LogP contribution in [-0.4, -0.2) is 18.6 Å². The monoisotopic (exact) mass is 357 g/mol. The lowest BCUT2D eigenvalue weighted by Crippen LogP contribution is -2.23. The van der Waals surface area contributed by atoms with E-state index in [-0.39, 0.29) is 17.3 Å². The quantitative estimate of drug-likeness (QED) is 0.758. The van der Waals surface area contributed by atoms with Crippen LogP contribution in [0, 0.1) is 20.8 Å². The molecule has 0 aliphatic rings. The number of nitrogens with zero attached hydrogens (tertiary/aromatic N) is 2. The highest BCUT2D eigenvalue weighted by Gasteiger charge is 2.16. The first-order valence-electron chi connectivity index (χ1n) is 7.81. The molecule has 1 aromatic heterocycles. The summed E-state index contributed by atoms with van der Waals surface area (Å²) in [6, 6.07) is 12.7. The summed E-state index contributed by atoms with van der Waals surface area (Å²) in [7, 11) is -3.64. The lowest BCUT2D eigenvalue weighted by Gasteiger charge is -2.07. The summed E-state index contributed by atoms with van der Waals surface area (Å²) < 4.78 is 32.8. The van der Waals surface area contributed by atoms with Gasteiger partial charge >= 0.3 is 0 Å². The molecule has 0 radical (unpaired) electrons. The molecule has 0 aliphatic heterocycles. The van der Waals surface area contributed by atoms with Gasteiger partial charge in [-0.3, -0.25) is 0 Å². The van der Waals surface area contributed by atoms with Crippen molar-refractivity contribution < 1.29 is 12.8 Å². The molecule has 130 valence electrons. The standard InChI is InChI=1S/C18H19N3O3S/c1-12-5-4-6-15(9-12)18-21-20-17(24-18)11-19-25(22,23)16-8-7-13(2)14(3)10-16/h4-10,19H,11H2,1-3H3. The average Bonchev–Trinajstić information content (AvgIpc) is 3.05. The van der Waals surface area contributed by atoms with Crippen LogP contribution in [0.3, 0.4) is 0 Å². The molecule has 7 heteroatoms. The van der Waals surface area contributed by atoms with E-state index >= 15 is 0 Å². The molecule has 0 spiro atoms. The van der Waals surface area contributed by atoms with Crippen LogP contribution in [0.2, 0.25) is 0 Å². The Morgan fingerprint density at radius 1 is 1.00 bits per heavy atom. The van der Waals surface area contributed by atoms with E-state index in [4.69, 9.17) is 4.42 Å². The van der Waals surface area contributed by atoms with Gasteiger partial charge in [0.15, 0.2) is 0 Å². The van der Waals surface area contributed by atoms with Crippen molar-refractivity contribution in [2.24, 2.45) is 0 Å². The van der Waals surface area contributed by atoms with Crippen molar-refractivity contribution in [3.8, 4) is 11.5 Å². The van der Waals surface area contributed by atoms with E-state index in [0.29, 0.717) is 5.89 Å². The Hall–Kier alpha value is -2.51. The summed E-state index contributed by atoms with van der Waals surface area (Å²) in [5, 5.41) is 7.88. The average molecular weight is 357 g/mol. The van der Waals surface area contributed by atoms with Crippen molar-refractivity contribution in [3.63, 3.8) is 0 Å². The molecule has 3 rings (SSSR count). The van der Waals surface area contributed by atoms with Crippen LogP contribution in [0.5, 0.6) is 0 Å². The van der Waals surface area contributed by atoms with Crippen molar-refractivity contribution >= 4 is 10.0 Å². The van der Waals surface area contributed by atoms with Crippen molar-refractivity contribution in [1.29, 1.82) is 0 Å². The van der Waals surface area contributed by atoms with Crippen molar-refractivity contribution in [2.75, 3.05) is 0 Å². The first-order chi connectivity index (χ1) is 11.8. The number of aryl methyl sites for hydroxylation is 3. The number of hydrogen-bond acceptors (Lipinski definition) is 5. The van der Waals surface area contributed by atoms with Crippen molar-refractivity contribution in [3.05, 3.63) is 65.0 Å². The number of sulfonamides is 1. The van der Waals surface area contributed by atoms with Gasteiger partial charge in [0.05, 0.1) is 11.4 Å². The second-order valence-corrected chi connectivity index (χ2v) is 7.71. The molecule has 6 nitrogen and oxygen atoms in total. The van der Waals surface area contributed by atoms with Gasteiger partial charge < -0.3 is 4.42 Å². The molecule has 0 saturated heterocycles. The molecule has 0 unspecified atom stereocenters. The van der Waals surface area contributed by atoms with Gasteiger partial charge in [-0.2, -0.15) is 0 Å². The Labute approximate surface area is 147 Å². The SMILES string of the molecule is Cc1cccc(-c2nnc(CNS(=O)(=O)c3ccc(C)c(C)c3)o2)c1. The molecule has 0 fully saturated rings.